The highest BCUT2D eigenvalue weighted by atomic mass is 19.4. The first-order valence-corrected chi connectivity index (χ1v) is 5.80. The molecular weight excluding hydrogens is 257 g/mol. The van der Waals surface area contributed by atoms with E-state index in [0.717, 1.165) is 24.3 Å². The van der Waals surface area contributed by atoms with Crippen molar-refractivity contribution >= 4 is 12.1 Å². The maximum absolute atomic E-state index is 12.3. The van der Waals surface area contributed by atoms with Crippen molar-refractivity contribution in [2.75, 3.05) is 0 Å². The molecule has 1 N–H and O–H groups in total. The van der Waals surface area contributed by atoms with Gasteiger partial charge in [0.15, 0.2) is 0 Å². The molecule has 0 aliphatic heterocycles. The molecule has 6 heteroatoms. The molecule has 104 valence electrons. The van der Waals surface area contributed by atoms with Crippen LogP contribution in [0, 0.1) is 5.92 Å². The number of amides is 1. The van der Waals surface area contributed by atoms with E-state index in [1.165, 1.54) is 0 Å². The van der Waals surface area contributed by atoms with Crippen LogP contribution in [-0.4, -0.2) is 12.1 Å². The third-order valence-electron chi connectivity index (χ3n) is 2.31. The van der Waals surface area contributed by atoms with Crippen LogP contribution in [0.1, 0.15) is 36.2 Å². The second kappa shape index (κ2) is 6.36. The van der Waals surface area contributed by atoms with Crippen LogP contribution in [-0.2, 0) is 6.18 Å². The molecule has 0 bridgehead atoms. The van der Waals surface area contributed by atoms with Gasteiger partial charge in [-0.05, 0) is 36.6 Å². The molecule has 0 heterocycles. The molecular formula is C13H15F3N2O. The zero-order chi connectivity index (χ0) is 14.5. The summed E-state index contributed by atoms with van der Waals surface area (Å²) in [6.07, 6.45) is -2.12. The Hall–Kier alpha value is -1.85. The van der Waals surface area contributed by atoms with E-state index in [0.29, 0.717) is 12.3 Å². The van der Waals surface area contributed by atoms with Crippen LogP contribution >= 0.6 is 0 Å². The van der Waals surface area contributed by atoms with Gasteiger partial charge in [0.2, 0.25) is 0 Å². The molecule has 1 aromatic carbocycles. The molecule has 0 fully saturated rings. The zero-order valence-electron chi connectivity index (χ0n) is 10.7. The van der Waals surface area contributed by atoms with Crippen LogP contribution in [0.3, 0.4) is 0 Å². The maximum Gasteiger partial charge on any atom is 0.416 e. The normalized spacial score (nSPS) is 12.1. The first kappa shape index (κ1) is 15.2. The second-order valence-corrected chi connectivity index (χ2v) is 4.46. The number of hydrazone groups is 1. The average Bonchev–Trinajstić information content (AvgIpc) is 2.33. The number of carbonyl (C=O) groups excluding carboxylic acids is 1. The monoisotopic (exact) mass is 272 g/mol. The number of hydrogen-bond donors (Lipinski definition) is 1. The lowest BCUT2D eigenvalue weighted by molar-refractivity contribution is -0.137. The van der Waals surface area contributed by atoms with Gasteiger partial charge in [0.25, 0.3) is 5.91 Å². The van der Waals surface area contributed by atoms with Crippen molar-refractivity contribution in [3.05, 3.63) is 35.4 Å². The molecule has 0 radical (unpaired) electrons. The Balaban J connectivity index is 2.61. The number of alkyl halides is 3. The minimum absolute atomic E-state index is 0.134. The number of carbonyl (C=O) groups is 1. The lowest BCUT2D eigenvalue weighted by Gasteiger charge is -2.06. The third kappa shape index (κ3) is 5.11. The lowest BCUT2D eigenvalue weighted by atomic mass is 10.1. The van der Waals surface area contributed by atoms with Gasteiger partial charge in [-0.15, -0.1) is 0 Å². The van der Waals surface area contributed by atoms with Crippen LogP contribution < -0.4 is 5.43 Å². The van der Waals surface area contributed by atoms with E-state index >= 15 is 0 Å². The number of rotatable bonds is 4. The number of halogens is 3. The molecule has 0 aliphatic rings. The summed E-state index contributed by atoms with van der Waals surface area (Å²) >= 11 is 0. The predicted molar refractivity (Wildman–Crippen MR) is 66.9 cm³/mol. The summed E-state index contributed by atoms with van der Waals surface area (Å²) in [5.41, 5.74) is 1.61. The van der Waals surface area contributed by atoms with E-state index in [2.05, 4.69) is 10.5 Å². The van der Waals surface area contributed by atoms with Crippen molar-refractivity contribution in [1.29, 1.82) is 0 Å². The van der Waals surface area contributed by atoms with Crippen LogP contribution in [0.25, 0.3) is 0 Å². The quantitative estimate of drug-likeness (QED) is 0.661. The van der Waals surface area contributed by atoms with Gasteiger partial charge in [0, 0.05) is 11.8 Å². The minimum atomic E-state index is -4.40. The summed E-state index contributed by atoms with van der Waals surface area (Å²) in [5.74, 6) is -0.111. The van der Waals surface area contributed by atoms with Crippen LogP contribution in [0.15, 0.2) is 29.4 Å². The predicted octanol–water partition coefficient (Wildman–Crippen LogP) is 3.47. The van der Waals surface area contributed by atoms with Crippen LogP contribution in [0.2, 0.25) is 0 Å². The minimum Gasteiger partial charge on any atom is -0.267 e. The molecule has 19 heavy (non-hydrogen) atoms. The summed E-state index contributed by atoms with van der Waals surface area (Å²) in [6, 6.07) is 3.98. The van der Waals surface area contributed by atoms with E-state index < -0.39 is 17.6 Å². The molecule has 0 saturated carbocycles. The number of benzene rings is 1. The Bertz CT molecular complexity index is 450. The topological polar surface area (TPSA) is 41.5 Å². The van der Waals surface area contributed by atoms with Gasteiger partial charge in [-0.2, -0.15) is 18.3 Å². The molecule has 0 saturated heterocycles. The first-order chi connectivity index (χ1) is 8.80. The maximum atomic E-state index is 12.3. The molecule has 0 atom stereocenters. The Kier molecular flexibility index (Phi) is 5.09. The molecule has 1 amide bonds. The van der Waals surface area contributed by atoms with Crippen molar-refractivity contribution in [3.8, 4) is 0 Å². The summed E-state index contributed by atoms with van der Waals surface area (Å²) in [4.78, 5) is 11.5. The lowest BCUT2D eigenvalue weighted by Crippen LogP contribution is -2.18. The summed E-state index contributed by atoms with van der Waals surface area (Å²) in [6.45, 7) is 4.01. The van der Waals surface area contributed by atoms with E-state index in [1.54, 1.807) is 6.21 Å². The summed E-state index contributed by atoms with van der Waals surface area (Å²) in [5, 5.41) is 3.71. The smallest absolute Gasteiger partial charge is 0.267 e. The molecule has 3 nitrogen and oxygen atoms in total. The Labute approximate surface area is 109 Å². The largest absolute Gasteiger partial charge is 0.416 e. The summed E-state index contributed by atoms with van der Waals surface area (Å²) < 4.78 is 37.0. The highest BCUT2D eigenvalue weighted by Gasteiger charge is 2.30. The van der Waals surface area contributed by atoms with Crippen molar-refractivity contribution in [3.63, 3.8) is 0 Å². The molecule has 0 aromatic heterocycles. The number of hydrogen-bond acceptors (Lipinski definition) is 2. The van der Waals surface area contributed by atoms with Gasteiger partial charge in [-0.3, -0.25) is 4.79 Å². The second-order valence-electron chi connectivity index (χ2n) is 4.46. The van der Waals surface area contributed by atoms with E-state index in [1.807, 2.05) is 13.8 Å². The fraction of sp³-hybridized carbons (Fsp3) is 0.385. The average molecular weight is 272 g/mol. The van der Waals surface area contributed by atoms with Gasteiger partial charge in [-0.25, -0.2) is 5.43 Å². The number of nitrogens with one attached hydrogen (secondary N) is 1. The van der Waals surface area contributed by atoms with Gasteiger partial charge in [-0.1, -0.05) is 13.8 Å². The van der Waals surface area contributed by atoms with Crippen molar-refractivity contribution < 1.29 is 18.0 Å². The highest BCUT2D eigenvalue weighted by Crippen LogP contribution is 2.28. The molecule has 0 spiro atoms. The van der Waals surface area contributed by atoms with Gasteiger partial charge < -0.3 is 0 Å². The fourth-order valence-corrected chi connectivity index (χ4v) is 1.24. The van der Waals surface area contributed by atoms with Crippen molar-refractivity contribution in [1.82, 2.24) is 5.43 Å². The highest BCUT2D eigenvalue weighted by molar-refractivity contribution is 5.94. The SMILES string of the molecule is CC(C)C/C=N/NC(=O)c1ccc(C(F)(F)F)cc1. The third-order valence-corrected chi connectivity index (χ3v) is 2.31. The molecule has 1 rings (SSSR count). The van der Waals surface area contributed by atoms with Gasteiger partial charge in [0.05, 0.1) is 5.56 Å². The van der Waals surface area contributed by atoms with E-state index in [-0.39, 0.29) is 5.56 Å². The summed E-state index contributed by atoms with van der Waals surface area (Å²) in [7, 11) is 0. The van der Waals surface area contributed by atoms with Crippen LogP contribution in [0.4, 0.5) is 13.2 Å². The molecule has 0 unspecified atom stereocenters. The van der Waals surface area contributed by atoms with Crippen molar-refractivity contribution in [2.24, 2.45) is 11.0 Å². The van der Waals surface area contributed by atoms with Gasteiger partial charge in [0.1, 0.15) is 0 Å². The molecule has 0 aliphatic carbocycles. The van der Waals surface area contributed by atoms with E-state index in [4.69, 9.17) is 0 Å². The first-order valence-electron chi connectivity index (χ1n) is 5.80. The Morgan fingerprint density at radius 2 is 1.89 bits per heavy atom. The van der Waals surface area contributed by atoms with Gasteiger partial charge >= 0.3 is 6.18 Å². The zero-order valence-corrected chi connectivity index (χ0v) is 10.7. The Morgan fingerprint density at radius 1 is 1.32 bits per heavy atom. The fourth-order valence-electron chi connectivity index (χ4n) is 1.24. The number of nitrogens with zero attached hydrogens (tertiary/aromatic N) is 1. The van der Waals surface area contributed by atoms with E-state index in [9.17, 15) is 18.0 Å². The van der Waals surface area contributed by atoms with Crippen LogP contribution in [0.5, 0.6) is 0 Å². The molecule has 1 aromatic rings. The standard InChI is InChI=1S/C13H15F3N2O/c1-9(2)7-8-17-18-12(19)10-3-5-11(6-4-10)13(14,15)16/h3-6,8-9H,7H2,1-2H3,(H,18,19)/b17-8+. The Morgan fingerprint density at radius 3 is 2.37 bits per heavy atom. The van der Waals surface area contributed by atoms with Crippen molar-refractivity contribution in [2.45, 2.75) is 26.4 Å².